The monoisotopic (exact) mass is 221 g/mol. The topological polar surface area (TPSA) is 87.1 Å². The molecule has 1 aromatic carbocycles. The zero-order valence-corrected chi connectivity index (χ0v) is 8.66. The standard InChI is InChI=1S/C10H11N3O3/c1-11-5-9(14)12-6-2-3-8-7(4-6)13-10(15)16-8/h2-4,11H,5H2,1H3,(H,12,14)(H,13,15). The molecular formula is C10H11N3O3. The molecule has 0 saturated carbocycles. The van der Waals surface area contributed by atoms with Crippen molar-refractivity contribution in [3.05, 3.63) is 28.7 Å². The lowest BCUT2D eigenvalue weighted by atomic mass is 10.3. The van der Waals surface area contributed by atoms with Crippen molar-refractivity contribution in [1.29, 1.82) is 0 Å². The van der Waals surface area contributed by atoms with E-state index in [1.807, 2.05) is 0 Å². The Morgan fingerprint density at radius 3 is 3.06 bits per heavy atom. The molecule has 0 aliphatic rings. The van der Waals surface area contributed by atoms with Crippen molar-refractivity contribution in [2.24, 2.45) is 0 Å². The molecule has 0 atom stereocenters. The van der Waals surface area contributed by atoms with E-state index in [4.69, 9.17) is 4.42 Å². The van der Waals surface area contributed by atoms with Crippen LogP contribution in [0, 0.1) is 0 Å². The van der Waals surface area contributed by atoms with Gasteiger partial charge in [-0.15, -0.1) is 0 Å². The number of hydrogen-bond donors (Lipinski definition) is 3. The molecule has 1 heterocycles. The van der Waals surface area contributed by atoms with Gasteiger partial charge in [0, 0.05) is 5.69 Å². The molecular weight excluding hydrogens is 210 g/mol. The first-order valence-electron chi connectivity index (χ1n) is 4.76. The fourth-order valence-electron chi connectivity index (χ4n) is 1.40. The summed E-state index contributed by atoms with van der Waals surface area (Å²) >= 11 is 0. The Kier molecular flexibility index (Phi) is 2.74. The Hall–Kier alpha value is -2.08. The van der Waals surface area contributed by atoms with Crippen molar-refractivity contribution >= 4 is 22.7 Å². The predicted octanol–water partition coefficient (Wildman–Crippen LogP) is 0.279. The number of H-pyrrole nitrogens is 1. The highest BCUT2D eigenvalue weighted by molar-refractivity contribution is 5.93. The fraction of sp³-hybridized carbons (Fsp3) is 0.200. The van der Waals surface area contributed by atoms with Gasteiger partial charge in [0.05, 0.1) is 12.1 Å². The van der Waals surface area contributed by atoms with E-state index in [9.17, 15) is 9.59 Å². The van der Waals surface area contributed by atoms with Crippen LogP contribution < -0.4 is 16.4 Å². The number of aromatic nitrogens is 1. The van der Waals surface area contributed by atoms with Crippen LogP contribution in [0.25, 0.3) is 11.1 Å². The van der Waals surface area contributed by atoms with Crippen molar-refractivity contribution in [2.75, 3.05) is 18.9 Å². The molecule has 0 aliphatic carbocycles. The molecule has 2 rings (SSSR count). The molecule has 0 aliphatic heterocycles. The third-order valence-electron chi connectivity index (χ3n) is 2.04. The van der Waals surface area contributed by atoms with Crippen molar-refractivity contribution < 1.29 is 9.21 Å². The first-order valence-corrected chi connectivity index (χ1v) is 4.76. The highest BCUT2D eigenvalue weighted by Crippen LogP contribution is 2.15. The molecule has 0 radical (unpaired) electrons. The summed E-state index contributed by atoms with van der Waals surface area (Å²) in [6.07, 6.45) is 0. The Morgan fingerprint density at radius 2 is 2.31 bits per heavy atom. The van der Waals surface area contributed by atoms with Gasteiger partial charge in [-0.2, -0.15) is 0 Å². The molecule has 0 unspecified atom stereocenters. The van der Waals surface area contributed by atoms with Crippen LogP contribution in [0.15, 0.2) is 27.4 Å². The van der Waals surface area contributed by atoms with Crippen molar-refractivity contribution in [2.45, 2.75) is 0 Å². The summed E-state index contributed by atoms with van der Waals surface area (Å²) in [7, 11) is 1.69. The molecule has 6 nitrogen and oxygen atoms in total. The van der Waals surface area contributed by atoms with Gasteiger partial charge in [0.1, 0.15) is 0 Å². The Bertz CT molecular complexity index is 570. The van der Waals surface area contributed by atoms with Gasteiger partial charge in [0.15, 0.2) is 5.58 Å². The molecule has 0 bridgehead atoms. The lowest BCUT2D eigenvalue weighted by Crippen LogP contribution is -2.24. The van der Waals surface area contributed by atoms with Gasteiger partial charge in [-0.1, -0.05) is 0 Å². The number of aromatic amines is 1. The zero-order valence-electron chi connectivity index (χ0n) is 8.66. The number of nitrogens with one attached hydrogen (secondary N) is 3. The lowest BCUT2D eigenvalue weighted by Gasteiger charge is -2.03. The summed E-state index contributed by atoms with van der Waals surface area (Å²) in [4.78, 5) is 24.7. The average Bonchev–Trinajstić information content (AvgIpc) is 2.57. The van der Waals surface area contributed by atoms with Gasteiger partial charge in [0.2, 0.25) is 5.91 Å². The van der Waals surface area contributed by atoms with Gasteiger partial charge < -0.3 is 15.1 Å². The van der Waals surface area contributed by atoms with Gasteiger partial charge in [0.25, 0.3) is 0 Å². The number of oxazole rings is 1. The highest BCUT2D eigenvalue weighted by atomic mass is 16.4. The third kappa shape index (κ3) is 2.12. The summed E-state index contributed by atoms with van der Waals surface area (Å²) < 4.78 is 4.84. The zero-order chi connectivity index (χ0) is 11.5. The molecule has 0 spiro atoms. The number of amides is 1. The fourth-order valence-corrected chi connectivity index (χ4v) is 1.40. The Labute approximate surface area is 90.6 Å². The number of rotatable bonds is 3. The van der Waals surface area contributed by atoms with E-state index in [2.05, 4.69) is 15.6 Å². The molecule has 1 aromatic heterocycles. The maximum absolute atomic E-state index is 11.3. The van der Waals surface area contributed by atoms with Crippen molar-refractivity contribution in [1.82, 2.24) is 10.3 Å². The van der Waals surface area contributed by atoms with E-state index in [0.29, 0.717) is 16.8 Å². The minimum absolute atomic E-state index is 0.146. The van der Waals surface area contributed by atoms with Gasteiger partial charge in [-0.3, -0.25) is 9.78 Å². The number of benzene rings is 1. The van der Waals surface area contributed by atoms with Crippen molar-refractivity contribution in [3.63, 3.8) is 0 Å². The quantitative estimate of drug-likeness (QED) is 0.694. The van der Waals surface area contributed by atoms with E-state index in [-0.39, 0.29) is 12.5 Å². The van der Waals surface area contributed by atoms with Gasteiger partial charge in [-0.25, -0.2) is 4.79 Å². The number of carbonyl (C=O) groups is 1. The van der Waals surface area contributed by atoms with Crippen LogP contribution in [-0.2, 0) is 4.79 Å². The second kappa shape index (κ2) is 4.19. The molecule has 0 saturated heterocycles. The maximum atomic E-state index is 11.3. The maximum Gasteiger partial charge on any atom is 0.417 e. The minimum Gasteiger partial charge on any atom is -0.408 e. The molecule has 3 N–H and O–H groups in total. The van der Waals surface area contributed by atoms with Crippen LogP contribution >= 0.6 is 0 Å². The number of anilines is 1. The van der Waals surface area contributed by atoms with Crippen molar-refractivity contribution in [3.8, 4) is 0 Å². The van der Waals surface area contributed by atoms with Gasteiger partial charge >= 0.3 is 5.76 Å². The minimum atomic E-state index is -0.506. The first-order chi connectivity index (χ1) is 7.69. The smallest absolute Gasteiger partial charge is 0.408 e. The van der Waals surface area contributed by atoms with E-state index in [1.165, 1.54) is 0 Å². The summed E-state index contributed by atoms with van der Waals surface area (Å²) in [5.74, 6) is -0.651. The normalized spacial score (nSPS) is 10.6. The third-order valence-corrected chi connectivity index (χ3v) is 2.04. The number of likely N-dealkylation sites (N-methyl/N-ethyl adjacent to an activating group) is 1. The van der Waals surface area contributed by atoms with Crippen LogP contribution in [0.4, 0.5) is 5.69 Å². The van der Waals surface area contributed by atoms with Crippen LogP contribution in [-0.4, -0.2) is 24.5 Å². The molecule has 6 heteroatoms. The Balaban J connectivity index is 2.25. The molecule has 1 amide bonds. The summed E-state index contributed by atoms with van der Waals surface area (Å²) in [5.41, 5.74) is 1.65. The summed E-state index contributed by atoms with van der Waals surface area (Å²) in [5, 5.41) is 5.42. The highest BCUT2D eigenvalue weighted by Gasteiger charge is 2.04. The second-order valence-electron chi connectivity index (χ2n) is 3.30. The van der Waals surface area contributed by atoms with E-state index in [1.54, 1.807) is 25.2 Å². The van der Waals surface area contributed by atoms with Crippen LogP contribution in [0.5, 0.6) is 0 Å². The predicted molar refractivity (Wildman–Crippen MR) is 59.4 cm³/mol. The number of hydrogen-bond acceptors (Lipinski definition) is 4. The SMILES string of the molecule is CNCC(=O)Nc1ccc2oc(=O)[nH]c2c1. The number of carbonyl (C=O) groups excluding carboxylic acids is 1. The molecule has 16 heavy (non-hydrogen) atoms. The van der Waals surface area contributed by atoms with E-state index in [0.717, 1.165) is 0 Å². The van der Waals surface area contributed by atoms with Gasteiger partial charge in [-0.05, 0) is 25.2 Å². The second-order valence-corrected chi connectivity index (χ2v) is 3.30. The van der Waals surface area contributed by atoms with E-state index < -0.39 is 5.76 Å². The van der Waals surface area contributed by atoms with Crippen LogP contribution in [0.1, 0.15) is 0 Å². The van der Waals surface area contributed by atoms with Crippen LogP contribution in [0.3, 0.4) is 0 Å². The lowest BCUT2D eigenvalue weighted by molar-refractivity contribution is -0.115. The largest absolute Gasteiger partial charge is 0.417 e. The Morgan fingerprint density at radius 1 is 1.50 bits per heavy atom. The average molecular weight is 221 g/mol. The molecule has 2 aromatic rings. The van der Waals surface area contributed by atoms with E-state index >= 15 is 0 Å². The summed E-state index contributed by atoms with van der Waals surface area (Å²) in [6.45, 7) is 0.236. The molecule has 0 fully saturated rings. The number of fused-ring (bicyclic) bond motifs is 1. The van der Waals surface area contributed by atoms with Crippen LogP contribution in [0.2, 0.25) is 0 Å². The summed E-state index contributed by atoms with van der Waals surface area (Å²) in [6, 6.07) is 4.95. The molecule has 84 valence electrons. The first kappa shape index (κ1) is 10.4.